The molecule has 21 heavy (non-hydrogen) atoms. The molecule has 0 aliphatic heterocycles. The zero-order chi connectivity index (χ0) is 15.4. The molecule has 0 aliphatic carbocycles. The van der Waals surface area contributed by atoms with Crippen molar-refractivity contribution in [2.45, 2.75) is 6.54 Å². The molecule has 1 aromatic heterocycles. The van der Waals surface area contributed by atoms with Crippen LogP contribution in [0.1, 0.15) is 16.1 Å². The van der Waals surface area contributed by atoms with Crippen molar-refractivity contribution in [3.8, 4) is 0 Å². The minimum absolute atomic E-state index is 0.0148. The molecular formula is C12H10IN3O4S. The second-order valence-electron chi connectivity index (χ2n) is 3.98. The van der Waals surface area contributed by atoms with Crippen LogP contribution in [0, 0.1) is 3.57 Å². The van der Waals surface area contributed by atoms with Crippen molar-refractivity contribution in [3.63, 3.8) is 0 Å². The van der Waals surface area contributed by atoms with Crippen LogP contribution in [0.3, 0.4) is 0 Å². The predicted molar refractivity (Wildman–Crippen MR) is 86.9 cm³/mol. The number of urea groups is 1. The summed E-state index contributed by atoms with van der Waals surface area (Å²) in [5, 5.41) is 15.7. The van der Waals surface area contributed by atoms with E-state index in [1.807, 2.05) is 22.6 Å². The van der Waals surface area contributed by atoms with E-state index >= 15 is 0 Å². The SMILES string of the molecule is O=C(NCc1csc(=O)[nH]1)Nc1ccc(I)cc1C(=O)O. The molecule has 0 radical (unpaired) electrons. The van der Waals surface area contributed by atoms with E-state index < -0.39 is 12.0 Å². The van der Waals surface area contributed by atoms with E-state index in [0.717, 1.165) is 14.9 Å². The molecule has 0 fully saturated rings. The van der Waals surface area contributed by atoms with E-state index in [4.69, 9.17) is 5.11 Å². The predicted octanol–water partition coefficient (Wildman–Crippen LogP) is 2.06. The van der Waals surface area contributed by atoms with Crippen molar-refractivity contribution in [1.29, 1.82) is 0 Å². The maximum atomic E-state index is 11.7. The number of amides is 2. The maximum absolute atomic E-state index is 11.7. The van der Waals surface area contributed by atoms with E-state index in [1.54, 1.807) is 11.4 Å². The van der Waals surface area contributed by atoms with Gasteiger partial charge in [-0.3, -0.25) is 4.79 Å². The minimum Gasteiger partial charge on any atom is -0.478 e. The fourth-order valence-corrected chi connectivity index (χ4v) is 2.62. The van der Waals surface area contributed by atoms with Crippen molar-refractivity contribution >= 4 is 51.6 Å². The Morgan fingerprint density at radius 2 is 2.14 bits per heavy atom. The van der Waals surface area contributed by atoms with Crippen LogP contribution in [0.25, 0.3) is 0 Å². The Morgan fingerprint density at radius 1 is 1.38 bits per heavy atom. The Morgan fingerprint density at radius 3 is 2.76 bits per heavy atom. The van der Waals surface area contributed by atoms with Gasteiger partial charge in [-0.15, -0.1) is 0 Å². The van der Waals surface area contributed by atoms with Gasteiger partial charge in [-0.1, -0.05) is 11.3 Å². The molecule has 2 aromatic rings. The van der Waals surface area contributed by atoms with Crippen LogP contribution in [0.2, 0.25) is 0 Å². The van der Waals surface area contributed by atoms with Gasteiger partial charge in [0.2, 0.25) is 0 Å². The zero-order valence-corrected chi connectivity index (χ0v) is 13.4. The average Bonchev–Trinajstić information content (AvgIpc) is 2.84. The van der Waals surface area contributed by atoms with Crippen molar-refractivity contribution < 1.29 is 14.7 Å². The molecule has 1 aromatic carbocycles. The molecule has 0 atom stereocenters. The fraction of sp³-hybridized carbons (Fsp3) is 0.0833. The number of aromatic carboxylic acids is 1. The van der Waals surface area contributed by atoms with Gasteiger partial charge in [-0.2, -0.15) is 0 Å². The summed E-state index contributed by atoms with van der Waals surface area (Å²) < 4.78 is 0.756. The molecule has 2 amide bonds. The van der Waals surface area contributed by atoms with Crippen LogP contribution < -0.4 is 15.5 Å². The summed E-state index contributed by atoms with van der Waals surface area (Å²) in [6.07, 6.45) is 0. The molecule has 2 rings (SSSR count). The van der Waals surface area contributed by atoms with Gasteiger partial charge in [0.1, 0.15) is 0 Å². The number of H-pyrrole nitrogens is 1. The number of carboxylic acid groups (broad SMARTS) is 1. The minimum atomic E-state index is -1.12. The highest BCUT2D eigenvalue weighted by Crippen LogP contribution is 2.18. The topological polar surface area (TPSA) is 111 Å². The summed E-state index contributed by atoms with van der Waals surface area (Å²) in [6, 6.07) is 4.14. The standard InChI is InChI=1S/C12H10IN3O4S/c13-6-1-2-9(8(3-6)10(17)18)16-11(19)14-4-7-5-21-12(20)15-7/h1-3,5H,4H2,(H,15,20)(H,17,18)(H2,14,16,19). The van der Waals surface area contributed by atoms with Gasteiger partial charge in [-0.25, -0.2) is 9.59 Å². The fourth-order valence-electron chi connectivity index (χ4n) is 1.54. The number of halogens is 1. The number of carbonyl (C=O) groups excluding carboxylic acids is 1. The van der Waals surface area contributed by atoms with Crippen LogP contribution in [0.15, 0.2) is 28.4 Å². The number of thiazole rings is 1. The Balaban J connectivity index is 2.02. The zero-order valence-electron chi connectivity index (χ0n) is 10.5. The van der Waals surface area contributed by atoms with Gasteiger partial charge in [0.25, 0.3) is 0 Å². The first-order chi connectivity index (χ1) is 9.95. The average molecular weight is 419 g/mol. The number of rotatable bonds is 4. The lowest BCUT2D eigenvalue weighted by Gasteiger charge is -2.09. The molecule has 4 N–H and O–H groups in total. The van der Waals surface area contributed by atoms with Gasteiger partial charge < -0.3 is 20.7 Å². The van der Waals surface area contributed by atoms with Crippen LogP contribution in [0.4, 0.5) is 10.5 Å². The van der Waals surface area contributed by atoms with Gasteiger partial charge in [-0.05, 0) is 40.8 Å². The summed E-state index contributed by atoms with van der Waals surface area (Å²) in [5.74, 6) is -1.12. The van der Waals surface area contributed by atoms with E-state index in [-0.39, 0.29) is 22.7 Å². The number of carbonyl (C=O) groups is 2. The van der Waals surface area contributed by atoms with E-state index in [0.29, 0.717) is 5.69 Å². The number of aromatic nitrogens is 1. The Kier molecular flexibility index (Phi) is 4.96. The number of carboxylic acids is 1. The molecule has 0 aliphatic rings. The third kappa shape index (κ3) is 4.29. The Hall–Kier alpha value is -1.88. The normalized spacial score (nSPS) is 10.1. The first kappa shape index (κ1) is 15.5. The van der Waals surface area contributed by atoms with Crippen LogP contribution in [-0.2, 0) is 6.54 Å². The third-order valence-corrected chi connectivity index (χ3v) is 3.86. The number of benzene rings is 1. The van der Waals surface area contributed by atoms with E-state index in [9.17, 15) is 14.4 Å². The number of aromatic amines is 1. The molecule has 0 saturated carbocycles. The third-order valence-electron chi connectivity index (χ3n) is 2.47. The van der Waals surface area contributed by atoms with Gasteiger partial charge in [0.05, 0.1) is 17.8 Å². The van der Waals surface area contributed by atoms with Crippen molar-refractivity contribution in [2.75, 3.05) is 5.32 Å². The molecular weight excluding hydrogens is 409 g/mol. The molecule has 0 unspecified atom stereocenters. The quantitative estimate of drug-likeness (QED) is 0.569. The van der Waals surface area contributed by atoms with Crippen molar-refractivity contribution in [3.05, 3.63) is 48.1 Å². The first-order valence-electron chi connectivity index (χ1n) is 5.70. The lowest BCUT2D eigenvalue weighted by Crippen LogP contribution is -2.29. The number of hydrogen-bond acceptors (Lipinski definition) is 4. The molecule has 0 saturated heterocycles. The van der Waals surface area contributed by atoms with E-state index in [2.05, 4.69) is 15.6 Å². The molecule has 0 bridgehead atoms. The second kappa shape index (κ2) is 6.72. The van der Waals surface area contributed by atoms with Crippen LogP contribution >= 0.6 is 33.9 Å². The highest BCUT2D eigenvalue weighted by atomic mass is 127. The highest BCUT2D eigenvalue weighted by molar-refractivity contribution is 14.1. The van der Waals surface area contributed by atoms with Gasteiger partial charge in [0.15, 0.2) is 0 Å². The van der Waals surface area contributed by atoms with Crippen molar-refractivity contribution in [2.24, 2.45) is 0 Å². The number of hydrogen-bond donors (Lipinski definition) is 4. The molecule has 0 spiro atoms. The second-order valence-corrected chi connectivity index (χ2v) is 6.06. The molecule has 7 nitrogen and oxygen atoms in total. The lowest BCUT2D eigenvalue weighted by atomic mass is 10.2. The summed E-state index contributed by atoms with van der Waals surface area (Å²) in [4.78, 5) is 36.2. The number of nitrogens with one attached hydrogen (secondary N) is 3. The lowest BCUT2D eigenvalue weighted by molar-refractivity contribution is 0.0698. The largest absolute Gasteiger partial charge is 0.478 e. The molecule has 9 heteroatoms. The van der Waals surface area contributed by atoms with Gasteiger partial charge >= 0.3 is 16.9 Å². The molecule has 110 valence electrons. The number of anilines is 1. The summed E-state index contributed by atoms with van der Waals surface area (Å²) >= 11 is 3.00. The molecule has 1 heterocycles. The summed E-state index contributed by atoms with van der Waals surface area (Å²) in [5.41, 5.74) is 0.807. The first-order valence-corrected chi connectivity index (χ1v) is 7.66. The monoisotopic (exact) mass is 419 g/mol. The highest BCUT2D eigenvalue weighted by Gasteiger charge is 2.13. The van der Waals surface area contributed by atoms with Crippen molar-refractivity contribution in [1.82, 2.24) is 10.3 Å². The smallest absolute Gasteiger partial charge is 0.337 e. The van der Waals surface area contributed by atoms with Gasteiger partial charge in [0, 0.05) is 14.6 Å². The Labute approximate surface area is 136 Å². The Bertz CT molecular complexity index is 740. The van der Waals surface area contributed by atoms with E-state index in [1.165, 1.54) is 12.1 Å². The summed E-state index contributed by atoms with van der Waals surface area (Å²) in [7, 11) is 0. The van der Waals surface area contributed by atoms with Crippen LogP contribution in [0.5, 0.6) is 0 Å². The summed E-state index contributed by atoms with van der Waals surface area (Å²) in [6.45, 7) is 0.150. The maximum Gasteiger partial charge on any atom is 0.337 e. The van der Waals surface area contributed by atoms with Crippen LogP contribution in [-0.4, -0.2) is 22.1 Å².